The van der Waals surface area contributed by atoms with E-state index in [1.807, 2.05) is 54.6 Å². The Balaban J connectivity index is 0.000000329. The third-order valence-corrected chi connectivity index (χ3v) is 6.58. The third kappa shape index (κ3) is 13.2. The minimum absolute atomic E-state index is 0.348. The van der Waals surface area contributed by atoms with Crippen LogP contribution in [0, 0.1) is 0 Å². The van der Waals surface area contributed by atoms with Gasteiger partial charge in [-0.1, -0.05) is 54.6 Å². The predicted molar refractivity (Wildman–Crippen MR) is 175 cm³/mol. The van der Waals surface area contributed by atoms with Crippen molar-refractivity contribution in [2.45, 2.75) is 72.0 Å². The zero-order chi connectivity index (χ0) is 32.4. The Hall–Kier alpha value is -3.88. The van der Waals surface area contributed by atoms with Gasteiger partial charge in [-0.2, -0.15) is 0 Å². The Morgan fingerprint density at radius 2 is 1.00 bits per heavy atom. The molecule has 0 aromatic heterocycles. The van der Waals surface area contributed by atoms with Crippen LogP contribution in [0.3, 0.4) is 0 Å². The molecule has 0 heterocycles. The van der Waals surface area contributed by atoms with Crippen molar-refractivity contribution in [2.75, 3.05) is 32.8 Å². The Morgan fingerprint density at radius 3 is 1.39 bits per heavy atom. The molecule has 0 radical (unpaired) electrons. The molecule has 3 aromatic carbocycles. The maximum absolute atomic E-state index is 11.9. The summed E-state index contributed by atoms with van der Waals surface area (Å²) in [4.78, 5) is 23.6. The average Bonchev–Trinajstić information content (AvgIpc) is 3.00. The molecule has 8 heteroatoms. The van der Waals surface area contributed by atoms with Crippen molar-refractivity contribution >= 4 is 11.9 Å². The minimum Gasteiger partial charge on any atom is -0.476 e. The van der Waals surface area contributed by atoms with Gasteiger partial charge < -0.3 is 30.0 Å². The predicted octanol–water partition coefficient (Wildman–Crippen LogP) is 5.69. The lowest BCUT2D eigenvalue weighted by Crippen LogP contribution is -2.39. The molecular weight excluding hydrogens is 556 g/mol. The van der Waals surface area contributed by atoms with Crippen LogP contribution in [-0.2, 0) is 38.3 Å². The van der Waals surface area contributed by atoms with Crippen LogP contribution in [0.5, 0.6) is 11.5 Å². The Bertz CT molecular complexity index is 1240. The van der Waals surface area contributed by atoms with Crippen molar-refractivity contribution < 1.29 is 28.5 Å². The summed E-state index contributed by atoms with van der Waals surface area (Å²) in [5, 5.41) is 3.47. The van der Waals surface area contributed by atoms with Crippen LogP contribution in [0.1, 0.15) is 58.2 Å². The van der Waals surface area contributed by atoms with Gasteiger partial charge in [-0.3, -0.25) is 0 Å². The molecule has 0 unspecified atom stereocenters. The average molecular weight is 607 g/mol. The molecule has 0 saturated heterocycles. The number of benzene rings is 3. The summed E-state index contributed by atoms with van der Waals surface area (Å²) in [7, 11) is 0. The number of ether oxygens (including phenoxy) is 4. The van der Waals surface area contributed by atoms with E-state index in [9.17, 15) is 9.59 Å². The van der Waals surface area contributed by atoms with Gasteiger partial charge in [0.2, 0.25) is 0 Å². The number of esters is 2. The van der Waals surface area contributed by atoms with Crippen LogP contribution in [-0.4, -0.2) is 56.0 Å². The van der Waals surface area contributed by atoms with Gasteiger partial charge in [0.05, 0.1) is 13.2 Å². The number of hydrogen-bond acceptors (Lipinski definition) is 8. The summed E-state index contributed by atoms with van der Waals surface area (Å²) in [5.74, 6) is 0.598. The van der Waals surface area contributed by atoms with Crippen molar-refractivity contribution in [1.29, 1.82) is 0 Å². The molecular formula is C36H50N2O6. The quantitative estimate of drug-likeness (QED) is 0.158. The number of hydrogen-bond donors (Lipinski definition) is 2. The zero-order valence-electron chi connectivity index (χ0n) is 27.2. The molecule has 44 heavy (non-hydrogen) atoms. The molecule has 3 aromatic rings. The molecule has 3 N–H and O–H groups in total. The lowest BCUT2D eigenvalue weighted by Gasteiger charge is -2.24. The fourth-order valence-electron chi connectivity index (χ4n) is 4.13. The van der Waals surface area contributed by atoms with Gasteiger partial charge in [-0.25, -0.2) is 9.59 Å². The van der Waals surface area contributed by atoms with Gasteiger partial charge in [0.25, 0.3) is 0 Å². The van der Waals surface area contributed by atoms with E-state index in [-0.39, 0.29) is 11.9 Å². The summed E-state index contributed by atoms with van der Waals surface area (Å²) < 4.78 is 21.4. The molecule has 0 aliphatic carbocycles. The molecule has 240 valence electrons. The van der Waals surface area contributed by atoms with Crippen molar-refractivity contribution in [3.05, 3.63) is 95.6 Å². The summed E-state index contributed by atoms with van der Waals surface area (Å²) >= 11 is 0. The van der Waals surface area contributed by atoms with Crippen LogP contribution in [0.2, 0.25) is 0 Å². The molecule has 0 aliphatic heterocycles. The van der Waals surface area contributed by atoms with Crippen LogP contribution in [0.15, 0.2) is 78.9 Å². The molecule has 0 saturated carbocycles. The molecule has 3 rings (SSSR count). The largest absolute Gasteiger partial charge is 0.476 e. The van der Waals surface area contributed by atoms with Gasteiger partial charge in [0.1, 0.15) is 11.5 Å². The number of rotatable bonds is 16. The Morgan fingerprint density at radius 1 is 0.614 bits per heavy atom. The first-order valence-electron chi connectivity index (χ1n) is 15.4. The number of nitrogens with two attached hydrogens (primary N) is 1. The molecule has 0 aliphatic rings. The van der Waals surface area contributed by atoms with Crippen molar-refractivity contribution in [2.24, 2.45) is 5.73 Å². The van der Waals surface area contributed by atoms with Crippen molar-refractivity contribution in [1.82, 2.24) is 5.32 Å². The second-order valence-corrected chi connectivity index (χ2v) is 11.2. The van der Waals surface area contributed by atoms with E-state index in [0.29, 0.717) is 31.3 Å². The van der Waals surface area contributed by atoms with Gasteiger partial charge in [0.15, 0.2) is 11.2 Å². The summed E-state index contributed by atoms with van der Waals surface area (Å²) in [6.07, 6.45) is 2.83. The summed E-state index contributed by atoms with van der Waals surface area (Å²) in [6.45, 7) is 13.6. The highest BCUT2D eigenvalue weighted by Gasteiger charge is 2.32. The Labute approximate surface area is 263 Å². The molecule has 8 nitrogen and oxygen atoms in total. The fraction of sp³-hybridized carbons (Fsp3) is 0.444. The highest BCUT2D eigenvalue weighted by Crippen LogP contribution is 2.21. The SMILES string of the molecule is CCOC(=O)C(C)(C)Oc1ccc(CCN)cc1.CCOC(=O)C(C)(C)Oc1ccc(CCNCCc2ccccc2)cc1. The molecule has 0 spiro atoms. The van der Waals surface area contributed by atoms with Gasteiger partial charge in [-0.05, 0) is 121 Å². The monoisotopic (exact) mass is 606 g/mol. The van der Waals surface area contributed by atoms with Crippen LogP contribution in [0.4, 0.5) is 0 Å². The standard InChI is InChI=1S/C22H29NO3.C14H21NO3/c1-4-25-21(24)22(2,3)26-20-12-10-19(11-13-20)15-17-23-16-14-18-8-6-5-7-9-18;1-4-17-13(16)14(2,3)18-12-7-5-11(6-8-12)9-10-15/h5-13,23H,4,14-17H2,1-3H3;5-8H,4,9-10,15H2,1-3H3. The first-order valence-corrected chi connectivity index (χ1v) is 15.4. The van der Waals surface area contributed by atoms with E-state index < -0.39 is 11.2 Å². The van der Waals surface area contributed by atoms with E-state index in [0.717, 1.165) is 37.9 Å². The van der Waals surface area contributed by atoms with E-state index >= 15 is 0 Å². The fourth-order valence-corrected chi connectivity index (χ4v) is 4.13. The summed E-state index contributed by atoms with van der Waals surface area (Å²) in [5.41, 5.74) is 7.25. The number of carbonyl (C=O) groups excluding carboxylic acids is 2. The number of nitrogens with one attached hydrogen (secondary N) is 1. The molecule has 0 atom stereocenters. The molecule has 0 bridgehead atoms. The second kappa shape index (κ2) is 18.7. The normalized spacial score (nSPS) is 11.2. The van der Waals surface area contributed by atoms with Crippen molar-refractivity contribution in [3.63, 3.8) is 0 Å². The molecule has 0 fully saturated rings. The molecule has 0 amide bonds. The van der Waals surface area contributed by atoms with Gasteiger partial charge in [-0.15, -0.1) is 0 Å². The third-order valence-electron chi connectivity index (χ3n) is 6.58. The topological polar surface area (TPSA) is 109 Å². The zero-order valence-corrected chi connectivity index (χ0v) is 27.2. The van der Waals surface area contributed by atoms with E-state index in [4.69, 9.17) is 24.7 Å². The minimum atomic E-state index is -0.990. The highest BCUT2D eigenvalue weighted by molar-refractivity contribution is 5.79. The van der Waals surface area contributed by atoms with E-state index in [1.54, 1.807) is 41.5 Å². The second-order valence-electron chi connectivity index (χ2n) is 11.2. The number of carbonyl (C=O) groups is 2. The van der Waals surface area contributed by atoms with Crippen LogP contribution in [0.25, 0.3) is 0 Å². The smallest absolute Gasteiger partial charge is 0.349 e. The first-order chi connectivity index (χ1) is 21.0. The maximum atomic E-state index is 11.9. The Kier molecular flexibility index (Phi) is 15.4. The van der Waals surface area contributed by atoms with Gasteiger partial charge in [0, 0.05) is 0 Å². The van der Waals surface area contributed by atoms with Crippen molar-refractivity contribution in [3.8, 4) is 11.5 Å². The first kappa shape index (κ1) is 36.3. The van der Waals surface area contributed by atoms with Gasteiger partial charge >= 0.3 is 11.9 Å². The van der Waals surface area contributed by atoms with Crippen LogP contribution < -0.4 is 20.5 Å². The summed E-state index contributed by atoms with van der Waals surface area (Å²) in [6, 6.07) is 25.9. The van der Waals surface area contributed by atoms with E-state index in [1.165, 1.54) is 11.1 Å². The maximum Gasteiger partial charge on any atom is 0.349 e. The lowest BCUT2D eigenvalue weighted by molar-refractivity contribution is -0.159. The lowest BCUT2D eigenvalue weighted by atomic mass is 10.1. The highest BCUT2D eigenvalue weighted by atomic mass is 16.6. The van der Waals surface area contributed by atoms with Crippen LogP contribution >= 0.6 is 0 Å². The van der Waals surface area contributed by atoms with E-state index in [2.05, 4.69) is 29.6 Å².